The van der Waals surface area contributed by atoms with E-state index in [0.29, 0.717) is 11.6 Å². The van der Waals surface area contributed by atoms with Gasteiger partial charge in [-0.15, -0.1) is 11.3 Å². The van der Waals surface area contributed by atoms with E-state index in [-0.39, 0.29) is 5.75 Å². The van der Waals surface area contributed by atoms with Crippen LogP contribution >= 0.6 is 11.3 Å². The van der Waals surface area contributed by atoms with Crippen LogP contribution in [0.25, 0.3) is 10.6 Å². The zero-order chi connectivity index (χ0) is 17.0. The van der Waals surface area contributed by atoms with Crippen LogP contribution in [0.4, 0.5) is 0 Å². The van der Waals surface area contributed by atoms with Crippen LogP contribution in [0.2, 0.25) is 0 Å². The summed E-state index contributed by atoms with van der Waals surface area (Å²) >= 11 is 1.39. The van der Waals surface area contributed by atoms with Gasteiger partial charge in [0.25, 0.3) is 0 Å². The Kier molecular flexibility index (Phi) is 5.91. The second kappa shape index (κ2) is 7.53. The molecule has 2 aromatic rings. The van der Waals surface area contributed by atoms with Crippen LogP contribution in [0.1, 0.15) is 31.0 Å². The molecular formula is C16H21NO4S2. The lowest BCUT2D eigenvalue weighted by Crippen LogP contribution is -2.25. The van der Waals surface area contributed by atoms with Gasteiger partial charge < -0.3 is 10.2 Å². The van der Waals surface area contributed by atoms with E-state index in [1.807, 2.05) is 12.1 Å². The van der Waals surface area contributed by atoms with E-state index in [2.05, 4.69) is 31.0 Å². The van der Waals surface area contributed by atoms with Crippen molar-refractivity contribution in [3.05, 3.63) is 40.9 Å². The number of hydrogen-bond donors (Lipinski definition) is 2. The average Bonchev–Trinajstić information content (AvgIpc) is 2.94. The largest absolute Gasteiger partial charge is 0.394 e. The fourth-order valence-corrected chi connectivity index (χ4v) is 4.49. The summed E-state index contributed by atoms with van der Waals surface area (Å²) in [6.07, 6.45) is -1.25. The lowest BCUT2D eigenvalue weighted by atomic mass is 10.0. The Balaban J connectivity index is 2.11. The van der Waals surface area contributed by atoms with Gasteiger partial charge in [-0.1, -0.05) is 38.1 Å². The van der Waals surface area contributed by atoms with Gasteiger partial charge in [0.15, 0.2) is 9.84 Å². The zero-order valence-electron chi connectivity index (χ0n) is 13.1. The van der Waals surface area contributed by atoms with Crippen molar-refractivity contribution in [1.29, 1.82) is 0 Å². The molecule has 2 rings (SSSR count). The molecule has 0 saturated carbocycles. The SMILES string of the molecule is CC(C)c1ccc(-c2nc(CS(=O)(=O)C[C@@H](O)CO)cs2)cc1. The first kappa shape index (κ1) is 18.1. The second-order valence-electron chi connectivity index (χ2n) is 5.81. The summed E-state index contributed by atoms with van der Waals surface area (Å²) in [6, 6.07) is 8.08. The first-order valence-corrected chi connectivity index (χ1v) is 10.0. The molecule has 1 aromatic heterocycles. The van der Waals surface area contributed by atoms with E-state index >= 15 is 0 Å². The Labute approximate surface area is 140 Å². The molecule has 0 radical (unpaired) electrons. The third-order valence-corrected chi connectivity index (χ3v) is 5.97. The minimum atomic E-state index is -3.50. The van der Waals surface area contributed by atoms with Gasteiger partial charge >= 0.3 is 0 Å². The highest BCUT2D eigenvalue weighted by molar-refractivity contribution is 7.90. The van der Waals surface area contributed by atoms with Crippen LogP contribution in [0.15, 0.2) is 29.6 Å². The van der Waals surface area contributed by atoms with E-state index < -0.39 is 28.3 Å². The maximum Gasteiger partial charge on any atom is 0.158 e. The Bertz CT molecular complexity index is 736. The summed E-state index contributed by atoms with van der Waals surface area (Å²) < 4.78 is 23.9. The quantitative estimate of drug-likeness (QED) is 0.795. The number of benzene rings is 1. The minimum Gasteiger partial charge on any atom is -0.394 e. The van der Waals surface area contributed by atoms with Crippen LogP contribution < -0.4 is 0 Å². The molecule has 0 saturated heterocycles. The molecule has 7 heteroatoms. The summed E-state index contributed by atoms with van der Waals surface area (Å²) in [7, 11) is -3.50. The number of hydrogen-bond acceptors (Lipinski definition) is 6. The first-order chi connectivity index (χ1) is 10.8. The van der Waals surface area contributed by atoms with Gasteiger partial charge in [0.05, 0.1) is 29.9 Å². The van der Waals surface area contributed by atoms with Gasteiger partial charge in [0.1, 0.15) is 5.01 Å². The molecule has 0 fully saturated rings. The van der Waals surface area contributed by atoms with Gasteiger partial charge in [0.2, 0.25) is 0 Å². The molecule has 1 aromatic carbocycles. The van der Waals surface area contributed by atoms with Gasteiger partial charge in [0, 0.05) is 10.9 Å². The third kappa shape index (κ3) is 5.10. The molecule has 0 aliphatic heterocycles. The monoisotopic (exact) mass is 355 g/mol. The van der Waals surface area contributed by atoms with E-state index in [1.54, 1.807) is 5.38 Å². The van der Waals surface area contributed by atoms with Crippen molar-refractivity contribution in [2.45, 2.75) is 31.6 Å². The van der Waals surface area contributed by atoms with Crippen LogP contribution in [-0.2, 0) is 15.6 Å². The highest BCUT2D eigenvalue weighted by Crippen LogP contribution is 2.26. The van der Waals surface area contributed by atoms with Gasteiger partial charge in [-0.2, -0.15) is 0 Å². The first-order valence-electron chi connectivity index (χ1n) is 7.35. The Morgan fingerprint density at radius 2 is 1.87 bits per heavy atom. The smallest absolute Gasteiger partial charge is 0.158 e. The molecule has 5 nitrogen and oxygen atoms in total. The topological polar surface area (TPSA) is 87.5 Å². The Hall–Kier alpha value is -1.28. The number of nitrogens with zero attached hydrogens (tertiary/aromatic N) is 1. The number of sulfone groups is 1. The molecule has 0 unspecified atom stereocenters. The lowest BCUT2D eigenvalue weighted by Gasteiger charge is -2.07. The van der Waals surface area contributed by atoms with Crippen LogP contribution in [0.5, 0.6) is 0 Å². The summed E-state index contributed by atoms with van der Waals surface area (Å²) in [5, 5.41) is 20.5. The zero-order valence-corrected chi connectivity index (χ0v) is 14.8. The van der Waals surface area contributed by atoms with Gasteiger partial charge in [-0.25, -0.2) is 13.4 Å². The highest BCUT2D eigenvalue weighted by Gasteiger charge is 2.19. The molecule has 1 atom stereocenters. The van der Waals surface area contributed by atoms with Gasteiger partial charge in [-0.3, -0.25) is 0 Å². The van der Waals surface area contributed by atoms with Crippen molar-refractivity contribution in [2.75, 3.05) is 12.4 Å². The maximum absolute atomic E-state index is 11.9. The Morgan fingerprint density at radius 3 is 2.43 bits per heavy atom. The van der Waals surface area contributed by atoms with Crippen LogP contribution in [-0.4, -0.2) is 42.1 Å². The summed E-state index contributed by atoms with van der Waals surface area (Å²) in [5.41, 5.74) is 2.66. The number of aliphatic hydroxyl groups is 2. The van der Waals surface area contributed by atoms with E-state index in [9.17, 15) is 13.5 Å². The van der Waals surface area contributed by atoms with Crippen LogP contribution in [0, 0.1) is 0 Å². The van der Waals surface area contributed by atoms with Crippen molar-refractivity contribution in [1.82, 2.24) is 4.98 Å². The molecule has 0 amide bonds. The summed E-state index contributed by atoms with van der Waals surface area (Å²) in [4.78, 5) is 4.37. The normalized spacial score (nSPS) is 13.4. The molecule has 0 aliphatic carbocycles. The Morgan fingerprint density at radius 1 is 1.22 bits per heavy atom. The molecule has 0 bridgehead atoms. The van der Waals surface area contributed by atoms with Crippen molar-refractivity contribution in [3.8, 4) is 10.6 Å². The minimum absolute atomic E-state index is 0.232. The molecule has 23 heavy (non-hydrogen) atoms. The third-order valence-electron chi connectivity index (χ3n) is 3.40. The summed E-state index contributed by atoms with van der Waals surface area (Å²) in [5.74, 6) is -0.233. The van der Waals surface area contributed by atoms with Crippen molar-refractivity contribution in [2.24, 2.45) is 0 Å². The molecule has 2 N–H and O–H groups in total. The second-order valence-corrected chi connectivity index (χ2v) is 8.78. The highest BCUT2D eigenvalue weighted by atomic mass is 32.2. The van der Waals surface area contributed by atoms with E-state index in [1.165, 1.54) is 16.9 Å². The van der Waals surface area contributed by atoms with Gasteiger partial charge in [-0.05, 0) is 11.5 Å². The predicted octanol–water partition coefficient (Wildman–Crippen LogP) is 2.20. The molecule has 0 aliphatic rings. The molecule has 126 valence electrons. The average molecular weight is 355 g/mol. The number of thiazole rings is 1. The fourth-order valence-electron chi connectivity index (χ4n) is 2.15. The molecule has 1 heterocycles. The molecular weight excluding hydrogens is 334 g/mol. The standard InChI is InChI=1S/C16H21NO4S2/c1-11(2)12-3-5-13(6-4-12)16-17-14(8-22-16)9-23(20,21)10-15(19)7-18/h3-6,8,11,15,18-19H,7,9-10H2,1-2H3/t15-/m0/s1. The van der Waals surface area contributed by atoms with Crippen molar-refractivity contribution >= 4 is 21.2 Å². The lowest BCUT2D eigenvalue weighted by molar-refractivity contribution is 0.112. The predicted molar refractivity (Wildman–Crippen MR) is 92.2 cm³/mol. The van der Waals surface area contributed by atoms with Crippen molar-refractivity contribution in [3.63, 3.8) is 0 Å². The van der Waals surface area contributed by atoms with E-state index in [0.717, 1.165) is 10.6 Å². The number of aliphatic hydroxyl groups excluding tert-OH is 2. The molecule has 0 spiro atoms. The van der Waals surface area contributed by atoms with Crippen molar-refractivity contribution < 1.29 is 18.6 Å². The fraction of sp³-hybridized carbons (Fsp3) is 0.438. The number of aromatic nitrogens is 1. The summed E-state index contributed by atoms with van der Waals surface area (Å²) in [6.45, 7) is 3.69. The maximum atomic E-state index is 11.9. The van der Waals surface area contributed by atoms with Crippen LogP contribution in [0.3, 0.4) is 0 Å². The van der Waals surface area contributed by atoms with E-state index in [4.69, 9.17) is 5.11 Å². The number of rotatable bonds is 7.